The number of nitrogens with two attached hydrogens (primary N) is 1. The Bertz CT molecular complexity index is 1630. The minimum Gasteiger partial charge on any atom is -0.368 e. The number of carbonyl (C=O) groups excluding carboxylic acids is 1. The summed E-state index contributed by atoms with van der Waals surface area (Å²) >= 11 is 0. The zero-order valence-electron chi connectivity index (χ0n) is 22.0. The van der Waals surface area contributed by atoms with Crippen molar-refractivity contribution < 1.29 is 18.0 Å². The third-order valence-corrected chi connectivity index (χ3v) is 6.83. The van der Waals surface area contributed by atoms with Gasteiger partial charge in [-0.3, -0.25) is 9.69 Å². The van der Waals surface area contributed by atoms with Crippen molar-refractivity contribution in [3.63, 3.8) is 0 Å². The van der Waals surface area contributed by atoms with Gasteiger partial charge in [-0.2, -0.15) is 22.8 Å². The molecule has 0 bridgehead atoms. The average Bonchev–Trinajstić information content (AvgIpc) is 3.34. The molecule has 0 spiro atoms. The monoisotopic (exact) mass is 548 g/mol. The molecule has 0 atom stereocenters. The molecule has 0 saturated carbocycles. The maximum absolute atomic E-state index is 13.9. The number of aryl methyl sites for hydroxylation is 1. The number of alkyl halides is 3. The number of likely N-dealkylation sites (N-methyl/N-ethyl adjacent to an activating group) is 1. The first kappa shape index (κ1) is 27.1. The fourth-order valence-corrected chi connectivity index (χ4v) is 4.46. The fraction of sp³-hybridized carbons (Fsp3) is 0.286. The molecule has 0 aliphatic carbocycles. The number of halogens is 3. The first-order chi connectivity index (χ1) is 19.1. The molecule has 9 nitrogen and oxygen atoms in total. The molecule has 3 heterocycles. The van der Waals surface area contributed by atoms with Crippen LogP contribution in [0, 0.1) is 18.8 Å². The van der Waals surface area contributed by atoms with Gasteiger partial charge in [0.15, 0.2) is 5.65 Å². The van der Waals surface area contributed by atoms with E-state index >= 15 is 0 Å². The van der Waals surface area contributed by atoms with E-state index in [1.165, 1.54) is 29.2 Å². The van der Waals surface area contributed by atoms with Crippen molar-refractivity contribution in [3.8, 4) is 11.8 Å². The van der Waals surface area contributed by atoms with E-state index in [0.29, 0.717) is 29.9 Å². The second-order valence-corrected chi connectivity index (χ2v) is 9.71. The number of fused-ring (bicyclic) bond motifs is 1. The van der Waals surface area contributed by atoms with E-state index < -0.39 is 17.6 Å². The van der Waals surface area contributed by atoms with Gasteiger partial charge in [-0.1, -0.05) is 24.0 Å². The van der Waals surface area contributed by atoms with Crippen molar-refractivity contribution in [1.82, 2.24) is 29.4 Å². The van der Waals surface area contributed by atoms with Gasteiger partial charge in [0.05, 0.1) is 17.3 Å². The Morgan fingerprint density at radius 2 is 1.80 bits per heavy atom. The minimum absolute atomic E-state index is 0.0660. The molecular formula is C28H27F3N8O. The van der Waals surface area contributed by atoms with Crippen LogP contribution in [0.15, 0.2) is 48.9 Å². The molecule has 12 heteroatoms. The van der Waals surface area contributed by atoms with Gasteiger partial charge in [-0.05, 0) is 49.4 Å². The van der Waals surface area contributed by atoms with Gasteiger partial charge in [0.1, 0.15) is 6.33 Å². The lowest BCUT2D eigenvalue weighted by Gasteiger charge is -2.33. The molecule has 2 aromatic carbocycles. The van der Waals surface area contributed by atoms with Crippen LogP contribution in [0.1, 0.15) is 38.2 Å². The van der Waals surface area contributed by atoms with Crippen molar-refractivity contribution in [2.45, 2.75) is 19.6 Å². The molecule has 4 aromatic rings. The first-order valence-corrected chi connectivity index (χ1v) is 12.6. The van der Waals surface area contributed by atoms with Crippen molar-refractivity contribution in [2.75, 3.05) is 44.3 Å². The number of rotatable bonds is 4. The average molecular weight is 549 g/mol. The number of carbonyl (C=O) groups is 1. The van der Waals surface area contributed by atoms with Crippen LogP contribution < -0.4 is 11.1 Å². The van der Waals surface area contributed by atoms with Crippen LogP contribution >= 0.6 is 0 Å². The van der Waals surface area contributed by atoms with E-state index in [4.69, 9.17) is 5.73 Å². The summed E-state index contributed by atoms with van der Waals surface area (Å²) in [6.07, 6.45) is -1.72. The van der Waals surface area contributed by atoms with Crippen LogP contribution in [0.5, 0.6) is 0 Å². The fourth-order valence-electron chi connectivity index (χ4n) is 4.46. The molecule has 0 radical (unpaired) electrons. The summed E-state index contributed by atoms with van der Waals surface area (Å²) in [7, 11) is 1.99. The molecule has 1 aliphatic rings. The van der Waals surface area contributed by atoms with Crippen molar-refractivity contribution in [3.05, 3.63) is 82.3 Å². The molecule has 40 heavy (non-hydrogen) atoms. The van der Waals surface area contributed by atoms with Crippen LogP contribution in [0.3, 0.4) is 0 Å². The first-order valence-electron chi connectivity index (χ1n) is 12.6. The maximum atomic E-state index is 13.9. The van der Waals surface area contributed by atoms with Gasteiger partial charge in [0.2, 0.25) is 5.95 Å². The van der Waals surface area contributed by atoms with Gasteiger partial charge >= 0.3 is 6.18 Å². The number of hydrogen-bond donors (Lipinski definition) is 2. The number of nitrogens with zero attached hydrogens (tertiary/aromatic N) is 6. The number of nitrogen functional groups attached to an aromatic ring is 1. The molecule has 1 fully saturated rings. The number of aromatic nitrogens is 4. The summed E-state index contributed by atoms with van der Waals surface area (Å²) in [4.78, 5) is 25.2. The number of piperazine rings is 1. The van der Waals surface area contributed by atoms with E-state index in [-0.39, 0.29) is 29.3 Å². The Kier molecular flexibility index (Phi) is 7.42. The highest BCUT2D eigenvalue weighted by Gasteiger charge is 2.34. The van der Waals surface area contributed by atoms with Gasteiger partial charge in [0, 0.05) is 49.5 Å². The van der Waals surface area contributed by atoms with E-state index in [1.807, 2.05) is 18.9 Å². The van der Waals surface area contributed by atoms with Crippen LogP contribution in [0.2, 0.25) is 0 Å². The Hall–Kier alpha value is -4.47. The predicted octanol–water partition coefficient (Wildman–Crippen LogP) is 3.43. The molecule has 0 unspecified atom stereocenters. The molecular weight excluding hydrogens is 521 g/mol. The van der Waals surface area contributed by atoms with Gasteiger partial charge in [0.25, 0.3) is 5.91 Å². The molecule has 2 aromatic heterocycles. The number of anilines is 2. The summed E-state index contributed by atoms with van der Waals surface area (Å²) in [5, 5.41) is 6.73. The zero-order chi connectivity index (χ0) is 28.4. The lowest BCUT2D eigenvalue weighted by molar-refractivity contribution is -0.138. The Morgan fingerprint density at radius 1 is 1.05 bits per heavy atom. The number of amides is 1. The quantitative estimate of drug-likeness (QED) is 0.377. The molecule has 206 valence electrons. The van der Waals surface area contributed by atoms with Gasteiger partial charge < -0.3 is 16.0 Å². The smallest absolute Gasteiger partial charge is 0.368 e. The summed E-state index contributed by atoms with van der Waals surface area (Å²) in [6, 6.07) is 8.87. The van der Waals surface area contributed by atoms with Crippen LogP contribution in [-0.2, 0) is 12.7 Å². The van der Waals surface area contributed by atoms with Crippen LogP contribution in [0.4, 0.5) is 24.8 Å². The minimum atomic E-state index is -4.55. The number of benzene rings is 2. The highest BCUT2D eigenvalue weighted by Crippen LogP contribution is 2.34. The van der Waals surface area contributed by atoms with Crippen molar-refractivity contribution in [1.29, 1.82) is 0 Å². The Balaban J connectivity index is 1.35. The standard InChI is InChI=1S/C28H27F3N8O/c1-18-3-4-20(13-19(18)5-6-21-15-35-39-25(21)33-17-34-27(39)32)26(40)36-23-8-7-22(24(14-23)28(29,30)31)16-38-11-9-37(2)10-12-38/h3-4,7-8,13-15,17H,9-12,16H2,1-2H3,(H,36,40)(H2,32,33,34). The molecule has 5 rings (SSSR count). The second kappa shape index (κ2) is 11.0. The summed E-state index contributed by atoms with van der Waals surface area (Å²) < 4.78 is 43.2. The second-order valence-electron chi connectivity index (χ2n) is 9.71. The van der Waals surface area contributed by atoms with E-state index in [0.717, 1.165) is 24.7 Å². The third kappa shape index (κ3) is 5.90. The summed E-state index contributed by atoms with van der Waals surface area (Å²) in [6.45, 7) is 5.05. The van der Waals surface area contributed by atoms with Gasteiger partial charge in [-0.15, -0.1) is 0 Å². The topological polar surface area (TPSA) is 105 Å². The van der Waals surface area contributed by atoms with Gasteiger partial charge in [-0.25, -0.2) is 9.97 Å². The maximum Gasteiger partial charge on any atom is 0.416 e. The lowest BCUT2D eigenvalue weighted by atomic mass is 10.0. The van der Waals surface area contributed by atoms with Crippen molar-refractivity contribution in [2.24, 2.45) is 0 Å². The normalized spacial score (nSPS) is 14.6. The number of hydrogen-bond acceptors (Lipinski definition) is 7. The van der Waals surface area contributed by atoms with Crippen LogP contribution in [-0.4, -0.2) is 68.5 Å². The highest BCUT2D eigenvalue weighted by atomic mass is 19.4. The molecule has 1 saturated heterocycles. The Labute approximate surface area is 228 Å². The third-order valence-electron chi connectivity index (χ3n) is 6.83. The SMILES string of the molecule is Cc1ccc(C(=O)Nc2ccc(CN3CCN(C)CC3)c(C(F)(F)F)c2)cc1C#Cc1cnn2c(N)ncnc12. The summed E-state index contributed by atoms with van der Waals surface area (Å²) in [5.74, 6) is 5.65. The molecule has 1 amide bonds. The van der Waals surface area contributed by atoms with Crippen LogP contribution in [0.25, 0.3) is 5.65 Å². The zero-order valence-corrected chi connectivity index (χ0v) is 22.0. The van der Waals surface area contributed by atoms with E-state index in [2.05, 4.69) is 37.1 Å². The molecule has 1 aliphatic heterocycles. The predicted molar refractivity (Wildman–Crippen MR) is 145 cm³/mol. The Morgan fingerprint density at radius 3 is 2.55 bits per heavy atom. The van der Waals surface area contributed by atoms with E-state index in [1.54, 1.807) is 18.2 Å². The largest absolute Gasteiger partial charge is 0.416 e. The number of nitrogens with one attached hydrogen (secondary N) is 1. The summed E-state index contributed by atoms with van der Waals surface area (Å²) in [5.41, 5.74) is 7.93. The highest BCUT2D eigenvalue weighted by molar-refractivity contribution is 6.04. The molecule has 3 N–H and O–H groups in total. The van der Waals surface area contributed by atoms with E-state index in [9.17, 15) is 18.0 Å². The van der Waals surface area contributed by atoms with Crippen molar-refractivity contribution >= 4 is 23.2 Å². The lowest BCUT2D eigenvalue weighted by Crippen LogP contribution is -2.44.